The summed E-state index contributed by atoms with van der Waals surface area (Å²) in [5, 5.41) is 0. The number of rotatable bonds is 2. The number of carbonyl (C=O) groups is 1. The molecule has 0 N–H and O–H groups in total. The number of carbonyl (C=O) groups excluding carboxylic acids is 1. The van der Waals surface area contributed by atoms with E-state index in [1.807, 2.05) is 12.1 Å². The van der Waals surface area contributed by atoms with Crippen molar-refractivity contribution >= 4 is 11.5 Å². The number of Topliss-reactive ketones (excluding diaryl/α,β-unsaturated/α-hetero) is 1. The molecule has 74 valence electrons. The van der Waals surface area contributed by atoms with Crippen LogP contribution in [0.2, 0.25) is 0 Å². The highest BCUT2D eigenvalue weighted by Gasteiger charge is 2.30. The maximum atomic E-state index is 11.4. The topological polar surface area (TPSA) is 20.3 Å². The number of likely N-dealkylation sites (N-methyl/N-ethyl adjacent to an activating group) is 1. The summed E-state index contributed by atoms with van der Waals surface area (Å²) in [7, 11) is 0. The molecule has 1 aliphatic heterocycles. The number of hydrogen-bond donors (Lipinski definition) is 0. The van der Waals surface area contributed by atoms with Gasteiger partial charge in [-0.25, -0.2) is 0 Å². The molecule has 2 heteroatoms. The first-order valence-corrected chi connectivity index (χ1v) is 5.09. The standard InChI is InChI=1S/C12H15NO/c1-3-13-11-7-5-4-6-10(11)8-12(13)9(2)14/h4-7,12H,3,8H2,1-2H3. The highest BCUT2D eigenvalue weighted by Crippen LogP contribution is 2.31. The molecule has 1 aliphatic rings. The fraction of sp³-hybridized carbons (Fsp3) is 0.417. The van der Waals surface area contributed by atoms with Crippen molar-refractivity contribution in [1.29, 1.82) is 0 Å². The van der Waals surface area contributed by atoms with E-state index in [4.69, 9.17) is 0 Å². The van der Waals surface area contributed by atoms with Crippen LogP contribution >= 0.6 is 0 Å². The Kier molecular flexibility index (Phi) is 2.28. The van der Waals surface area contributed by atoms with Crippen LogP contribution < -0.4 is 4.90 Å². The van der Waals surface area contributed by atoms with E-state index in [1.54, 1.807) is 6.92 Å². The van der Waals surface area contributed by atoms with Crippen LogP contribution in [0.4, 0.5) is 5.69 Å². The summed E-state index contributed by atoms with van der Waals surface area (Å²) in [4.78, 5) is 13.6. The fourth-order valence-electron chi connectivity index (χ4n) is 2.20. The molecule has 2 rings (SSSR count). The van der Waals surface area contributed by atoms with Crippen molar-refractivity contribution < 1.29 is 4.79 Å². The number of ketones is 1. The average molecular weight is 189 g/mol. The first-order chi connectivity index (χ1) is 6.74. The molecule has 0 saturated heterocycles. The van der Waals surface area contributed by atoms with Crippen molar-refractivity contribution in [2.45, 2.75) is 26.3 Å². The molecule has 1 atom stereocenters. The van der Waals surface area contributed by atoms with Crippen molar-refractivity contribution in [3.8, 4) is 0 Å². The van der Waals surface area contributed by atoms with Crippen molar-refractivity contribution in [2.24, 2.45) is 0 Å². The first kappa shape index (κ1) is 9.25. The Morgan fingerprint density at radius 2 is 2.21 bits per heavy atom. The molecule has 0 amide bonds. The number of para-hydroxylation sites is 1. The average Bonchev–Trinajstić information content (AvgIpc) is 2.56. The summed E-state index contributed by atoms with van der Waals surface area (Å²) < 4.78 is 0. The van der Waals surface area contributed by atoms with E-state index >= 15 is 0 Å². The van der Waals surface area contributed by atoms with Crippen LogP contribution in [-0.4, -0.2) is 18.4 Å². The minimum Gasteiger partial charge on any atom is -0.361 e. The van der Waals surface area contributed by atoms with Gasteiger partial charge in [0.2, 0.25) is 0 Å². The van der Waals surface area contributed by atoms with Gasteiger partial charge in [-0.3, -0.25) is 4.79 Å². The monoisotopic (exact) mass is 189 g/mol. The zero-order chi connectivity index (χ0) is 10.1. The van der Waals surface area contributed by atoms with Gasteiger partial charge in [-0.1, -0.05) is 18.2 Å². The van der Waals surface area contributed by atoms with Gasteiger partial charge in [0.1, 0.15) is 0 Å². The van der Waals surface area contributed by atoms with E-state index in [2.05, 4.69) is 24.0 Å². The van der Waals surface area contributed by atoms with Gasteiger partial charge in [0.25, 0.3) is 0 Å². The minimum atomic E-state index is 0.0670. The van der Waals surface area contributed by atoms with Gasteiger partial charge in [-0.2, -0.15) is 0 Å². The van der Waals surface area contributed by atoms with E-state index in [1.165, 1.54) is 11.3 Å². The van der Waals surface area contributed by atoms with Gasteiger partial charge in [-0.15, -0.1) is 0 Å². The Balaban J connectivity index is 2.38. The lowest BCUT2D eigenvalue weighted by atomic mass is 10.1. The van der Waals surface area contributed by atoms with Crippen LogP contribution in [0.15, 0.2) is 24.3 Å². The lowest BCUT2D eigenvalue weighted by Gasteiger charge is -2.23. The molecule has 1 aromatic rings. The van der Waals surface area contributed by atoms with Crippen molar-refractivity contribution in [1.82, 2.24) is 0 Å². The lowest BCUT2D eigenvalue weighted by molar-refractivity contribution is -0.118. The van der Waals surface area contributed by atoms with Gasteiger partial charge in [-0.05, 0) is 25.5 Å². The predicted molar refractivity (Wildman–Crippen MR) is 57.6 cm³/mol. The van der Waals surface area contributed by atoms with Gasteiger partial charge in [0.15, 0.2) is 5.78 Å². The van der Waals surface area contributed by atoms with E-state index in [0.717, 1.165) is 13.0 Å². The molecule has 1 heterocycles. The summed E-state index contributed by atoms with van der Waals surface area (Å²) in [5.74, 6) is 0.267. The number of hydrogen-bond acceptors (Lipinski definition) is 2. The van der Waals surface area contributed by atoms with Crippen LogP contribution in [0, 0.1) is 0 Å². The molecule has 0 aromatic heterocycles. The van der Waals surface area contributed by atoms with Gasteiger partial charge < -0.3 is 4.90 Å². The zero-order valence-corrected chi connectivity index (χ0v) is 8.66. The molecular weight excluding hydrogens is 174 g/mol. The summed E-state index contributed by atoms with van der Waals surface area (Å²) in [6.45, 7) is 4.68. The van der Waals surface area contributed by atoms with Gasteiger partial charge in [0.05, 0.1) is 6.04 Å². The summed E-state index contributed by atoms with van der Waals surface area (Å²) >= 11 is 0. The number of fused-ring (bicyclic) bond motifs is 1. The third-order valence-corrected chi connectivity index (χ3v) is 2.90. The van der Waals surface area contributed by atoms with Crippen molar-refractivity contribution in [2.75, 3.05) is 11.4 Å². The van der Waals surface area contributed by atoms with E-state index < -0.39 is 0 Å². The van der Waals surface area contributed by atoms with E-state index in [0.29, 0.717) is 0 Å². The SMILES string of the molecule is CCN1c2ccccc2CC1C(C)=O. The van der Waals surface area contributed by atoms with Crippen LogP contribution in [0.1, 0.15) is 19.4 Å². The summed E-state index contributed by atoms with van der Waals surface area (Å²) in [6, 6.07) is 8.35. The smallest absolute Gasteiger partial charge is 0.152 e. The van der Waals surface area contributed by atoms with Crippen LogP contribution in [0.25, 0.3) is 0 Å². The largest absolute Gasteiger partial charge is 0.361 e. The van der Waals surface area contributed by atoms with E-state index in [-0.39, 0.29) is 11.8 Å². The molecule has 0 fully saturated rings. The molecule has 0 radical (unpaired) electrons. The molecule has 14 heavy (non-hydrogen) atoms. The minimum absolute atomic E-state index is 0.0670. The Labute approximate surface area is 84.5 Å². The lowest BCUT2D eigenvalue weighted by Crippen LogP contribution is -2.37. The van der Waals surface area contributed by atoms with E-state index in [9.17, 15) is 4.79 Å². The molecule has 1 aromatic carbocycles. The highest BCUT2D eigenvalue weighted by atomic mass is 16.1. The quantitative estimate of drug-likeness (QED) is 0.709. The van der Waals surface area contributed by atoms with Crippen LogP contribution in [-0.2, 0) is 11.2 Å². The number of benzene rings is 1. The maximum Gasteiger partial charge on any atom is 0.152 e. The third kappa shape index (κ3) is 1.31. The Morgan fingerprint density at radius 3 is 2.86 bits per heavy atom. The molecule has 0 spiro atoms. The first-order valence-electron chi connectivity index (χ1n) is 5.09. The second kappa shape index (κ2) is 3.45. The molecule has 0 aliphatic carbocycles. The fourth-order valence-corrected chi connectivity index (χ4v) is 2.20. The Bertz CT molecular complexity index is 359. The summed E-state index contributed by atoms with van der Waals surface area (Å²) in [5.41, 5.74) is 2.53. The number of anilines is 1. The maximum absolute atomic E-state index is 11.4. The molecule has 2 nitrogen and oxygen atoms in total. The summed E-state index contributed by atoms with van der Waals surface area (Å²) in [6.07, 6.45) is 0.874. The normalized spacial score (nSPS) is 19.6. The number of nitrogens with zero attached hydrogens (tertiary/aromatic N) is 1. The van der Waals surface area contributed by atoms with Gasteiger partial charge >= 0.3 is 0 Å². The second-order valence-corrected chi connectivity index (χ2v) is 3.75. The Hall–Kier alpha value is -1.31. The van der Waals surface area contributed by atoms with Crippen LogP contribution in [0.5, 0.6) is 0 Å². The Morgan fingerprint density at radius 1 is 1.50 bits per heavy atom. The molecule has 1 unspecified atom stereocenters. The highest BCUT2D eigenvalue weighted by molar-refractivity contribution is 5.88. The molecular formula is C12H15NO. The zero-order valence-electron chi connectivity index (χ0n) is 8.66. The third-order valence-electron chi connectivity index (χ3n) is 2.90. The molecule has 0 saturated carbocycles. The van der Waals surface area contributed by atoms with Crippen molar-refractivity contribution in [3.63, 3.8) is 0 Å². The second-order valence-electron chi connectivity index (χ2n) is 3.75. The van der Waals surface area contributed by atoms with Gasteiger partial charge in [0, 0.05) is 18.7 Å². The van der Waals surface area contributed by atoms with Crippen LogP contribution in [0.3, 0.4) is 0 Å². The predicted octanol–water partition coefficient (Wildman–Crippen LogP) is 2.03. The van der Waals surface area contributed by atoms with Crippen molar-refractivity contribution in [3.05, 3.63) is 29.8 Å². The molecule has 0 bridgehead atoms.